The van der Waals surface area contributed by atoms with E-state index in [9.17, 15) is 9.59 Å². The van der Waals surface area contributed by atoms with Crippen molar-refractivity contribution in [1.29, 1.82) is 0 Å². The van der Waals surface area contributed by atoms with Crippen LogP contribution in [0.1, 0.15) is 23.2 Å². The maximum Gasteiger partial charge on any atom is 0.252 e. The maximum atomic E-state index is 12.6. The molecule has 2 N–H and O–H groups in total. The topological polar surface area (TPSA) is 100 Å². The molecular weight excluding hydrogens is 380 g/mol. The van der Waals surface area contributed by atoms with Crippen molar-refractivity contribution >= 4 is 28.5 Å². The third-order valence-corrected chi connectivity index (χ3v) is 5.49. The lowest BCUT2D eigenvalue weighted by Gasteiger charge is -2.27. The van der Waals surface area contributed by atoms with Crippen LogP contribution in [0.25, 0.3) is 22.0 Å². The number of carbonyl (C=O) groups excluding carboxylic acids is 2. The van der Waals surface area contributed by atoms with Crippen LogP contribution >= 0.6 is 0 Å². The summed E-state index contributed by atoms with van der Waals surface area (Å²) >= 11 is 0. The van der Waals surface area contributed by atoms with Gasteiger partial charge in [0.15, 0.2) is 5.82 Å². The molecule has 1 aliphatic rings. The molecule has 0 radical (unpaired) electrons. The minimum atomic E-state index is -0.185. The van der Waals surface area contributed by atoms with E-state index in [1.807, 2.05) is 24.3 Å². The Balaban J connectivity index is 1.57. The molecule has 154 valence electrons. The molecule has 1 aliphatic heterocycles. The average Bonchev–Trinajstić information content (AvgIpc) is 2.78. The van der Waals surface area contributed by atoms with Crippen LogP contribution in [-0.4, -0.2) is 59.1 Å². The van der Waals surface area contributed by atoms with Gasteiger partial charge in [-0.2, -0.15) is 0 Å². The first-order chi connectivity index (χ1) is 14.5. The number of amides is 2. The van der Waals surface area contributed by atoms with E-state index in [-0.39, 0.29) is 17.7 Å². The van der Waals surface area contributed by atoms with Crippen LogP contribution in [0.2, 0.25) is 0 Å². The zero-order valence-electron chi connectivity index (χ0n) is 17.1. The number of hydrogen-bond donors (Lipinski definition) is 2. The molecule has 0 atom stereocenters. The van der Waals surface area contributed by atoms with Gasteiger partial charge in [-0.15, -0.1) is 10.2 Å². The Labute approximate surface area is 174 Å². The number of nitrogens with one attached hydrogen (secondary N) is 2. The van der Waals surface area contributed by atoms with Gasteiger partial charge in [0.1, 0.15) is 0 Å². The van der Waals surface area contributed by atoms with Crippen LogP contribution in [0, 0.1) is 5.92 Å². The Hall–Kier alpha value is -3.39. The van der Waals surface area contributed by atoms with Gasteiger partial charge < -0.3 is 15.5 Å². The lowest BCUT2D eigenvalue weighted by atomic mass is 9.96. The van der Waals surface area contributed by atoms with Gasteiger partial charge in [-0.3, -0.25) is 14.6 Å². The number of rotatable bonds is 4. The van der Waals surface area contributed by atoms with E-state index < -0.39 is 0 Å². The van der Waals surface area contributed by atoms with E-state index in [0.717, 1.165) is 48.0 Å². The summed E-state index contributed by atoms with van der Waals surface area (Å²) in [7, 11) is 3.66. The number of nitrogens with zero attached hydrogens (tertiary/aromatic N) is 4. The monoisotopic (exact) mass is 404 g/mol. The number of anilines is 1. The van der Waals surface area contributed by atoms with Crippen LogP contribution in [0.3, 0.4) is 0 Å². The van der Waals surface area contributed by atoms with Crippen molar-refractivity contribution < 1.29 is 9.59 Å². The molecular formula is C22H24N6O2. The number of piperidine rings is 1. The number of carbonyl (C=O) groups is 2. The first kappa shape index (κ1) is 19.9. The van der Waals surface area contributed by atoms with Crippen molar-refractivity contribution in [3.63, 3.8) is 0 Å². The third kappa shape index (κ3) is 4.28. The van der Waals surface area contributed by atoms with Gasteiger partial charge in [-0.05, 0) is 62.8 Å². The second-order valence-corrected chi connectivity index (χ2v) is 7.61. The molecule has 2 amide bonds. The van der Waals surface area contributed by atoms with Gasteiger partial charge >= 0.3 is 0 Å². The molecule has 3 heterocycles. The smallest absolute Gasteiger partial charge is 0.252 e. The highest BCUT2D eigenvalue weighted by Gasteiger charge is 2.23. The molecule has 8 nitrogen and oxygen atoms in total. The first-order valence-corrected chi connectivity index (χ1v) is 9.98. The van der Waals surface area contributed by atoms with Crippen molar-refractivity contribution in [2.24, 2.45) is 5.92 Å². The molecule has 0 aliphatic carbocycles. The van der Waals surface area contributed by atoms with E-state index in [0.29, 0.717) is 11.4 Å². The summed E-state index contributed by atoms with van der Waals surface area (Å²) < 4.78 is 0. The van der Waals surface area contributed by atoms with Crippen LogP contribution in [-0.2, 0) is 4.79 Å². The fourth-order valence-electron chi connectivity index (χ4n) is 3.65. The molecule has 1 aromatic carbocycles. The van der Waals surface area contributed by atoms with Gasteiger partial charge in [0.05, 0.1) is 11.1 Å². The fraction of sp³-hybridized carbons (Fsp3) is 0.318. The molecule has 1 saturated heterocycles. The lowest BCUT2D eigenvalue weighted by molar-refractivity contribution is -0.121. The Morgan fingerprint density at radius 2 is 1.83 bits per heavy atom. The number of hydrogen-bond acceptors (Lipinski definition) is 6. The number of fused-ring (bicyclic) bond motifs is 1. The number of pyridine rings is 1. The summed E-state index contributed by atoms with van der Waals surface area (Å²) in [4.78, 5) is 30.9. The van der Waals surface area contributed by atoms with Crippen LogP contribution in [0.15, 0.2) is 42.7 Å². The number of benzene rings is 1. The van der Waals surface area contributed by atoms with Gasteiger partial charge in [0.2, 0.25) is 5.91 Å². The SMILES string of the molecule is CNC(=O)c1cncc(-c2ccc3nnc(NC(=O)C4CCN(C)CC4)cc3c2)c1. The first-order valence-electron chi connectivity index (χ1n) is 9.98. The summed E-state index contributed by atoms with van der Waals surface area (Å²) in [6, 6.07) is 9.37. The molecule has 30 heavy (non-hydrogen) atoms. The molecule has 4 rings (SSSR count). The lowest BCUT2D eigenvalue weighted by Crippen LogP contribution is -2.36. The van der Waals surface area contributed by atoms with Gasteiger partial charge in [0.25, 0.3) is 5.91 Å². The maximum absolute atomic E-state index is 12.6. The second-order valence-electron chi connectivity index (χ2n) is 7.61. The Kier molecular flexibility index (Phi) is 5.67. The molecule has 8 heteroatoms. The molecule has 2 aromatic heterocycles. The summed E-state index contributed by atoms with van der Waals surface area (Å²) in [6.07, 6.45) is 4.95. The summed E-state index contributed by atoms with van der Waals surface area (Å²) in [5.41, 5.74) is 2.95. The Bertz CT molecular complexity index is 1090. The van der Waals surface area contributed by atoms with Crippen LogP contribution in [0.5, 0.6) is 0 Å². The largest absolute Gasteiger partial charge is 0.355 e. The van der Waals surface area contributed by atoms with E-state index in [4.69, 9.17) is 0 Å². The van der Waals surface area contributed by atoms with E-state index >= 15 is 0 Å². The molecule has 0 unspecified atom stereocenters. The Morgan fingerprint density at radius 1 is 1.03 bits per heavy atom. The van der Waals surface area contributed by atoms with Crippen LogP contribution in [0.4, 0.5) is 5.82 Å². The van der Waals surface area contributed by atoms with Crippen molar-refractivity contribution in [3.8, 4) is 11.1 Å². The quantitative estimate of drug-likeness (QED) is 0.692. The van der Waals surface area contributed by atoms with Crippen molar-refractivity contribution in [2.45, 2.75) is 12.8 Å². The molecule has 1 fully saturated rings. The zero-order chi connectivity index (χ0) is 21.1. The molecule has 0 spiro atoms. The van der Waals surface area contributed by atoms with Gasteiger partial charge in [-0.25, -0.2) is 0 Å². The predicted molar refractivity (Wildman–Crippen MR) is 115 cm³/mol. The van der Waals surface area contributed by atoms with E-state index in [1.54, 1.807) is 19.3 Å². The highest BCUT2D eigenvalue weighted by Crippen LogP contribution is 2.25. The van der Waals surface area contributed by atoms with Crippen molar-refractivity contribution in [1.82, 2.24) is 25.4 Å². The number of aromatic nitrogens is 3. The highest BCUT2D eigenvalue weighted by molar-refractivity contribution is 5.96. The minimum absolute atomic E-state index is 0.00329. The average molecular weight is 404 g/mol. The summed E-state index contributed by atoms with van der Waals surface area (Å²) in [6.45, 7) is 1.85. The van der Waals surface area contributed by atoms with Crippen LogP contribution < -0.4 is 10.6 Å². The van der Waals surface area contributed by atoms with Crippen molar-refractivity contribution in [3.05, 3.63) is 48.3 Å². The third-order valence-electron chi connectivity index (χ3n) is 5.49. The summed E-state index contributed by atoms with van der Waals surface area (Å²) in [5, 5.41) is 14.8. The van der Waals surface area contributed by atoms with E-state index in [1.165, 1.54) is 6.20 Å². The normalized spacial score (nSPS) is 15.1. The number of likely N-dealkylation sites (tertiary alicyclic amines) is 1. The minimum Gasteiger partial charge on any atom is -0.355 e. The van der Waals surface area contributed by atoms with Crippen molar-refractivity contribution in [2.75, 3.05) is 32.5 Å². The second kappa shape index (κ2) is 8.54. The molecule has 3 aromatic rings. The standard InChI is InChI=1S/C22H24N6O2/c1-23-21(29)18-10-17(12-24-13-18)15-3-4-19-16(9-15)11-20(27-26-19)25-22(30)14-5-7-28(2)8-6-14/h3-4,9-14H,5-8H2,1-2H3,(H,23,29)(H,25,27,30). The fourth-order valence-corrected chi connectivity index (χ4v) is 3.65. The van der Waals surface area contributed by atoms with Gasteiger partial charge in [-0.1, -0.05) is 6.07 Å². The zero-order valence-corrected chi connectivity index (χ0v) is 17.1. The molecule has 0 bridgehead atoms. The predicted octanol–water partition coefficient (Wildman–Crippen LogP) is 2.33. The van der Waals surface area contributed by atoms with E-state index in [2.05, 4.69) is 37.8 Å². The summed E-state index contributed by atoms with van der Waals surface area (Å²) in [5.74, 6) is 0.259. The Morgan fingerprint density at radius 3 is 2.60 bits per heavy atom. The molecule has 0 saturated carbocycles. The van der Waals surface area contributed by atoms with Gasteiger partial charge in [0, 0.05) is 36.3 Å². The highest BCUT2D eigenvalue weighted by atomic mass is 16.2.